The van der Waals surface area contributed by atoms with E-state index in [2.05, 4.69) is 22.8 Å². The summed E-state index contributed by atoms with van der Waals surface area (Å²) in [6.45, 7) is 2.45. The smallest absolute Gasteiger partial charge is 0.320 e. The molecular weight excluding hydrogens is 204 g/mol. The average Bonchev–Trinajstić information content (AvgIpc) is 2.28. The summed E-state index contributed by atoms with van der Waals surface area (Å²) in [7, 11) is 0. The van der Waals surface area contributed by atoms with Crippen molar-refractivity contribution < 1.29 is 9.90 Å². The molecule has 0 aliphatic carbocycles. The van der Waals surface area contributed by atoms with E-state index in [0.717, 1.165) is 13.0 Å². The standard InChI is InChI=1S/C12H16N2O2/c1-8(12(15)16)14-11-6-9-4-2-3-5-10(9)7-13-11/h2-5,8,11,13-14H,6-7H2,1H3,(H,15,16)/t8-,11?/m0/s1. The lowest BCUT2D eigenvalue weighted by Gasteiger charge is -2.28. The van der Waals surface area contributed by atoms with E-state index in [-0.39, 0.29) is 6.17 Å². The van der Waals surface area contributed by atoms with Crippen LogP contribution in [0.3, 0.4) is 0 Å². The van der Waals surface area contributed by atoms with Crippen molar-refractivity contribution >= 4 is 5.97 Å². The van der Waals surface area contributed by atoms with Crippen molar-refractivity contribution in [2.75, 3.05) is 0 Å². The van der Waals surface area contributed by atoms with E-state index in [1.807, 2.05) is 12.1 Å². The maximum absolute atomic E-state index is 10.7. The Morgan fingerprint density at radius 1 is 1.50 bits per heavy atom. The van der Waals surface area contributed by atoms with Gasteiger partial charge >= 0.3 is 5.97 Å². The zero-order chi connectivity index (χ0) is 11.5. The summed E-state index contributed by atoms with van der Waals surface area (Å²) in [6.07, 6.45) is 0.870. The summed E-state index contributed by atoms with van der Waals surface area (Å²) in [5.74, 6) is -0.819. The SMILES string of the molecule is C[C@H](NC1Cc2ccccc2CN1)C(=O)O. The van der Waals surface area contributed by atoms with Gasteiger partial charge in [-0.05, 0) is 18.1 Å². The molecule has 1 aliphatic heterocycles. The van der Waals surface area contributed by atoms with Crippen LogP contribution in [0, 0.1) is 0 Å². The fourth-order valence-corrected chi connectivity index (χ4v) is 1.95. The molecule has 0 radical (unpaired) electrons. The fourth-order valence-electron chi connectivity index (χ4n) is 1.95. The molecule has 2 rings (SSSR count). The van der Waals surface area contributed by atoms with Gasteiger partial charge in [-0.15, -0.1) is 0 Å². The van der Waals surface area contributed by atoms with E-state index >= 15 is 0 Å². The largest absolute Gasteiger partial charge is 0.480 e. The van der Waals surface area contributed by atoms with Crippen molar-refractivity contribution in [1.29, 1.82) is 0 Å². The molecular formula is C12H16N2O2. The number of carbonyl (C=O) groups is 1. The monoisotopic (exact) mass is 220 g/mol. The molecule has 2 atom stereocenters. The van der Waals surface area contributed by atoms with E-state index in [1.54, 1.807) is 6.92 Å². The van der Waals surface area contributed by atoms with Crippen LogP contribution in [0.2, 0.25) is 0 Å². The number of hydrogen-bond donors (Lipinski definition) is 3. The van der Waals surface area contributed by atoms with Crippen molar-refractivity contribution in [2.45, 2.75) is 32.1 Å². The highest BCUT2D eigenvalue weighted by molar-refractivity contribution is 5.72. The van der Waals surface area contributed by atoms with Crippen molar-refractivity contribution in [3.05, 3.63) is 35.4 Å². The zero-order valence-corrected chi connectivity index (χ0v) is 9.23. The highest BCUT2D eigenvalue weighted by Crippen LogP contribution is 2.15. The van der Waals surface area contributed by atoms with Gasteiger partial charge in [-0.1, -0.05) is 24.3 Å². The molecule has 0 aromatic heterocycles. The topological polar surface area (TPSA) is 61.4 Å². The zero-order valence-electron chi connectivity index (χ0n) is 9.23. The third-order valence-electron chi connectivity index (χ3n) is 2.90. The summed E-state index contributed by atoms with van der Waals surface area (Å²) >= 11 is 0. The molecule has 0 fully saturated rings. The molecule has 1 heterocycles. The first kappa shape index (κ1) is 11.1. The normalized spacial score (nSPS) is 21.2. The minimum Gasteiger partial charge on any atom is -0.480 e. The predicted octanol–water partition coefficient (Wildman–Crippen LogP) is 0.721. The van der Waals surface area contributed by atoms with Gasteiger partial charge in [0.15, 0.2) is 0 Å². The van der Waals surface area contributed by atoms with Gasteiger partial charge in [0.2, 0.25) is 0 Å². The van der Waals surface area contributed by atoms with Gasteiger partial charge < -0.3 is 5.11 Å². The Morgan fingerprint density at radius 2 is 2.19 bits per heavy atom. The Bertz CT molecular complexity index is 392. The molecule has 4 heteroatoms. The summed E-state index contributed by atoms with van der Waals surface area (Å²) < 4.78 is 0. The first-order chi connectivity index (χ1) is 7.66. The molecule has 3 N–H and O–H groups in total. The predicted molar refractivity (Wildman–Crippen MR) is 61.0 cm³/mol. The molecule has 1 aromatic carbocycles. The minimum atomic E-state index is -0.819. The first-order valence-corrected chi connectivity index (χ1v) is 5.46. The summed E-state index contributed by atoms with van der Waals surface area (Å²) in [6, 6.07) is 7.70. The van der Waals surface area contributed by atoms with E-state index in [0.29, 0.717) is 0 Å². The lowest BCUT2D eigenvalue weighted by Crippen LogP contribution is -2.51. The van der Waals surface area contributed by atoms with Gasteiger partial charge in [0.1, 0.15) is 6.04 Å². The van der Waals surface area contributed by atoms with Crippen LogP contribution in [0.1, 0.15) is 18.1 Å². The quantitative estimate of drug-likeness (QED) is 0.702. The van der Waals surface area contributed by atoms with Crippen molar-refractivity contribution in [3.8, 4) is 0 Å². The van der Waals surface area contributed by atoms with Gasteiger partial charge in [-0.3, -0.25) is 15.4 Å². The molecule has 16 heavy (non-hydrogen) atoms. The molecule has 0 amide bonds. The van der Waals surface area contributed by atoms with Gasteiger partial charge in [0.25, 0.3) is 0 Å². The molecule has 1 aromatic rings. The van der Waals surface area contributed by atoms with Crippen LogP contribution in [0.5, 0.6) is 0 Å². The molecule has 1 unspecified atom stereocenters. The van der Waals surface area contributed by atoms with Crippen molar-refractivity contribution in [2.24, 2.45) is 0 Å². The average molecular weight is 220 g/mol. The van der Waals surface area contributed by atoms with E-state index in [4.69, 9.17) is 5.11 Å². The Kier molecular flexibility index (Phi) is 3.22. The maximum atomic E-state index is 10.7. The second kappa shape index (κ2) is 4.63. The third kappa shape index (κ3) is 2.40. The molecule has 86 valence electrons. The van der Waals surface area contributed by atoms with Crippen LogP contribution in [-0.4, -0.2) is 23.3 Å². The number of rotatable bonds is 3. The summed E-state index contributed by atoms with van der Waals surface area (Å²) in [4.78, 5) is 10.7. The van der Waals surface area contributed by atoms with Crippen molar-refractivity contribution in [3.63, 3.8) is 0 Å². The Morgan fingerprint density at radius 3 is 2.88 bits per heavy atom. The molecule has 4 nitrogen and oxygen atoms in total. The number of aliphatic carboxylic acids is 1. The van der Waals surface area contributed by atoms with Gasteiger partial charge in [0, 0.05) is 13.0 Å². The molecule has 0 saturated carbocycles. The molecule has 1 aliphatic rings. The molecule has 0 saturated heterocycles. The lowest BCUT2D eigenvalue weighted by atomic mass is 9.99. The van der Waals surface area contributed by atoms with Gasteiger partial charge in [0.05, 0.1) is 6.17 Å². The number of nitrogens with one attached hydrogen (secondary N) is 2. The maximum Gasteiger partial charge on any atom is 0.320 e. The summed E-state index contributed by atoms with van der Waals surface area (Å²) in [5, 5.41) is 15.2. The highest BCUT2D eigenvalue weighted by atomic mass is 16.4. The van der Waals surface area contributed by atoms with Crippen LogP contribution < -0.4 is 10.6 Å². The van der Waals surface area contributed by atoms with Crippen LogP contribution in [0.15, 0.2) is 24.3 Å². The highest BCUT2D eigenvalue weighted by Gasteiger charge is 2.21. The Labute approximate surface area is 94.7 Å². The number of hydrogen-bond acceptors (Lipinski definition) is 3. The Hall–Kier alpha value is -1.39. The van der Waals surface area contributed by atoms with E-state index in [9.17, 15) is 4.79 Å². The molecule has 0 bridgehead atoms. The van der Waals surface area contributed by atoms with Gasteiger partial charge in [-0.25, -0.2) is 0 Å². The first-order valence-electron chi connectivity index (χ1n) is 5.46. The van der Waals surface area contributed by atoms with Crippen LogP contribution in [-0.2, 0) is 17.8 Å². The van der Waals surface area contributed by atoms with Crippen LogP contribution in [0.4, 0.5) is 0 Å². The number of carboxylic acids is 1. The lowest BCUT2D eigenvalue weighted by molar-refractivity contribution is -0.139. The number of carboxylic acid groups (broad SMARTS) is 1. The fraction of sp³-hybridized carbons (Fsp3) is 0.417. The third-order valence-corrected chi connectivity index (χ3v) is 2.90. The number of fused-ring (bicyclic) bond motifs is 1. The Balaban J connectivity index is 2.00. The minimum absolute atomic E-state index is 0.0426. The number of benzene rings is 1. The van der Waals surface area contributed by atoms with Crippen LogP contribution in [0.25, 0.3) is 0 Å². The second-order valence-electron chi connectivity index (χ2n) is 4.13. The summed E-state index contributed by atoms with van der Waals surface area (Å²) in [5.41, 5.74) is 2.58. The van der Waals surface area contributed by atoms with Crippen molar-refractivity contribution in [1.82, 2.24) is 10.6 Å². The van der Waals surface area contributed by atoms with E-state index in [1.165, 1.54) is 11.1 Å². The molecule has 0 spiro atoms. The second-order valence-corrected chi connectivity index (χ2v) is 4.13. The van der Waals surface area contributed by atoms with Gasteiger partial charge in [-0.2, -0.15) is 0 Å². The van der Waals surface area contributed by atoms with Crippen LogP contribution >= 0.6 is 0 Å². The van der Waals surface area contributed by atoms with E-state index < -0.39 is 12.0 Å².